The van der Waals surface area contributed by atoms with E-state index in [2.05, 4.69) is 10.3 Å². The Bertz CT molecular complexity index is 563. The maximum atomic E-state index is 11.8. The lowest BCUT2D eigenvalue weighted by atomic mass is 10.1. The molecule has 0 bridgehead atoms. The van der Waals surface area contributed by atoms with E-state index in [0.717, 1.165) is 22.6 Å². The molecular formula is C15H18N2OS. The van der Waals surface area contributed by atoms with Crippen molar-refractivity contribution in [2.75, 3.05) is 6.54 Å². The van der Waals surface area contributed by atoms with Crippen LogP contribution in [0.25, 0.3) is 0 Å². The Morgan fingerprint density at radius 2 is 2.11 bits per heavy atom. The fourth-order valence-corrected chi connectivity index (χ4v) is 2.66. The topological polar surface area (TPSA) is 42.0 Å². The van der Waals surface area contributed by atoms with Crippen LogP contribution in [0.4, 0.5) is 0 Å². The van der Waals surface area contributed by atoms with Crippen LogP contribution in [0.1, 0.15) is 21.0 Å². The molecule has 1 amide bonds. The molecule has 0 unspecified atom stereocenters. The number of benzene rings is 1. The smallest absolute Gasteiger partial charge is 0.224 e. The summed E-state index contributed by atoms with van der Waals surface area (Å²) in [5.74, 6) is 0.0718. The second-order valence-electron chi connectivity index (χ2n) is 4.57. The summed E-state index contributed by atoms with van der Waals surface area (Å²) in [6, 6.07) is 7.98. The molecule has 0 spiro atoms. The van der Waals surface area contributed by atoms with E-state index >= 15 is 0 Å². The standard InChI is InChI=1S/C15H18N2OS/c1-11-5-3-4-6-13(11)9-14(18)16-8-7-15-17-10-12(2)19-15/h3-6,10H,7-9H2,1-2H3,(H,16,18). The molecule has 0 saturated heterocycles. The minimum absolute atomic E-state index is 0.0718. The van der Waals surface area contributed by atoms with Crippen LogP contribution in [0, 0.1) is 13.8 Å². The third-order valence-electron chi connectivity index (χ3n) is 2.94. The number of hydrogen-bond donors (Lipinski definition) is 1. The molecule has 3 nitrogen and oxygen atoms in total. The van der Waals surface area contributed by atoms with E-state index in [4.69, 9.17) is 0 Å². The fourth-order valence-electron chi connectivity index (χ4n) is 1.87. The van der Waals surface area contributed by atoms with Crippen molar-refractivity contribution in [1.82, 2.24) is 10.3 Å². The number of thiazole rings is 1. The van der Waals surface area contributed by atoms with Crippen molar-refractivity contribution in [3.8, 4) is 0 Å². The number of aryl methyl sites for hydroxylation is 2. The van der Waals surface area contributed by atoms with Gasteiger partial charge in [-0.05, 0) is 25.0 Å². The average Bonchev–Trinajstić information content (AvgIpc) is 2.78. The molecule has 19 heavy (non-hydrogen) atoms. The highest BCUT2D eigenvalue weighted by molar-refractivity contribution is 7.11. The van der Waals surface area contributed by atoms with Gasteiger partial charge in [-0.15, -0.1) is 11.3 Å². The minimum Gasteiger partial charge on any atom is -0.355 e. The van der Waals surface area contributed by atoms with E-state index in [9.17, 15) is 4.79 Å². The van der Waals surface area contributed by atoms with E-state index in [1.807, 2.05) is 44.3 Å². The number of nitrogens with one attached hydrogen (secondary N) is 1. The maximum Gasteiger partial charge on any atom is 0.224 e. The number of carbonyl (C=O) groups is 1. The molecule has 0 atom stereocenters. The highest BCUT2D eigenvalue weighted by Crippen LogP contribution is 2.11. The zero-order chi connectivity index (χ0) is 13.7. The van der Waals surface area contributed by atoms with Crippen LogP contribution in [0.3, 0.4) is 0 Å². The Kier molecular flexibility index (Phi) is 4.68. The largest absolute Gasteiger partial charge is 0.355 e. The summed E-state index contributed by atoms with van der Waals surface area (Å²) in [6.07, 6.45) is 3.12. The molecule has 100 valence electrons. The molecule has 1 heterocycles. The quantitative estimate of drug-likeness (QED) is 0.910. The van der Waals surface area contributed by atoms with Crippen LogP contribution in [0.5, 0.6) is 0 Å². The molecule has 4 heteroatoms. The second kappa shape index (κ2) is 6.48. The SMILES string of the molecule is Cc1cnc(CCNC(=O)Cc2ccccc2C)s1. The van der Waals surface area contributed by atoms with E-state index in [-0.39, 0.29) is 5.91 Å². The summed E-state index contributed by atoms with van der Waals surface area (Å²) in [5.41, 5.74) is 2.25. The van der Waals surface area contributed by atoms with Crippen LogP contribution in [0.2, 0.25) is 0 Å². The van der Waals surface area contributed by atoms with Gasteiger partial charge in [-0.2, -0.15) is 0 Å². The zero-order valence-corrected chi connectivity index (χ0v) is 12.1. The molecule has 0 aliphatic carbocycles. The van der Waals surface area contributed by atoms with Crippen LogP contribution >= 0.6 is 11.3 Å². The van der Waals surface area contributed by atoms with Gasteiger partial charge < -0.3 is 5.32 Å². The molecule has 1 N–H and O–H groups in total. The summed E-state index contributed by atoms with van der Waals surface area (Å²) < 4.78 is 0. The summed E-state index contributed by atoms with van der Waals surface area (Å²) in [4.78, 5) is 17.3. The van der Waals surface area contributed by atoms with E-state index in [1.165, 1.54) is 4.88 Å². The van der Waals surface area contributed by atoms with Crippen LogP contribution < -0.4 is 5.32 Å². The Balaban J connectivity index is 1.77. The Hall–Kier alpha value is -1.68. The van der Waals surface area contributed by atoms with E-state index in [0.29, 0.717) is 13.0 Å². The fraction of sp³-hybridized carbons (Fsp3) is 0.333. The molecule has 1 aromatic heterocycles. The van der Waals surface area contributed by atoms with Gasteiger partial charge in [-0.3, -0.25) is 4.79 Å². The first-order chi connectivity index (χ1) is 9.15. The Labute approximate surface area is 117 Å². The predicted octanol–water partition coefficient (Wildman–Crippen LogP) is 2.66. The molecule has 0 aliphatic rings. The summed E-state index contributed by atoms with van der Waals surface area (Å²) in [5, 5.41) is 4.02. The number of nitrogens with zero attached hydrogens (tertiary/aromatic N) is 1. The molecule has 0 saturated carbocycles. The van der Waals surface area contributed by atoms with Crippen LogP contribution in [0.15, 0.2) is 30.5 Å². The van der Waals surface area contributed by atoms with Crippen LogP contribution in [-0.4, -0.2) is 17.4 Å². The van der Waals surface area contributed by atoms with Gasteiger partial charge in [0.15, 0.2) is 0 Å². The monoisotopic (exact) mass is 274 g/mol. The van der Waals surface area contributed by atoms with Gasteiger partial charge in [0.1, 0.15) is 0 Å². The average molecular weight is 274 g/mol. The van der Waals surface area contributed by atoms with Crippen molar-refractivity contribution in [3.05, 3.63) is 51.5 Å². The third kappa shape index (κ3) is 4.17. The van der Waals surface area contributed by atoms with Gasteiger partial charge in [0, 0.05) is 24.0 Å². The first-order valence-electron chi connectivity index (χ1n) is 6.37. The van der Waals surface area contributed by atoms with Crippen molar-refractivity contribution in [2.45, 2.75) is 26.7 Å². The normalized spacial score (nSPS) is 10.4. The number of aromatic nitrogens is 1. The first-order valence-corrected chi connectivity index (χ1v) is 7.19. The van der Waals surface area contributed by atoms with Gasteiger partial charge in [0.05, 0.1) is 11.4 Å². The van der Waals surface area contributed by atoms with Gasteiger partial charge >= 0.3 is 0 Å². The number of carbonyl (C=O) groups excluding carboxylic acids is 1. The molecule has 2 rings (SSSR count). The lowest BCUT2D eigenvalue weighted by Gasteiger charge is -2.06. The number of rotatable bonds is 5. The van der Waals surface area contributed by atoms with Crippen molar-refractivity contribution >= 4 is 17.2 Å². The second-order valence-corrected chi connectivity index (χ2v) is 5.89. The molecule has 0 aliphatic heterocycles. The Morgan fingerprint density at radius 1 is 1.32 bits per heavy atom. The van der Waals surface area contributed by atoms with Gasteiger partial charge in [0.2, 0.25) is 5.91 Å². The third-order valence-corrected chi connectivity index (χ3v) is 3.91. The first kappa shape index (κ1) is 13.7. The van der Waals surface area contributed by atoms with Crippen molar-refractivity contribution in [2.24, 2.45) is 0 Å². The Morgan fingerprint density at radius 3 is 2.79 bits per heavy atom. The lowest BCUT2D eigenvalue weighted by molar-refractivity contribution is -0.120. The van der Waals surface area contributed by atoms with Gasteiger partial charge in [-0.25, -0.2) is 4.98 Å². The van der Waals surface area contributed by atoms with Crippen molar-refractivity contribution in [3.63, 3.8) is 0 Å². The molecular weight excluding hydrogens is 256 g/mol. The zero-order valence-electron chi connectivity index (χ0n) is 11.3. The molecule has 0 fully saturated rings. The maximum absolute atomic E-state index is 11.8. The van der Waals surface area contributed by atoms with Gasteiger partial charge in [-0.1, -0.05) is 24.3 Å². The highest BCUT2D eigenvalue weighted by atomic mass is 32.1. The summed E-state index contributed by atoms with van der Waals surface area (Å²) >= 11 is 1.68. The minimum atomic E-state index is 0.0718. The van der Waals surface area contributed by atoms with Crippen molar-refractivity contribution in [1.29, 1.82) is 0 Å². The molecule has 0 radical (unpaired) electrons. The number of hydrogen-bond acceptors (Lipinski definition) is 3. The van der Waals surface area contributed by atoms with E-state index in [1.54, 1.807) is 11.3 Å². The lowest BCUT2D eigenvalue weighted by Crippen LogP contribution is -2.27. The number of amides is 1. The molecule has 2 aromatic rings. The van der Waals surface area contributed by atoms with Crippen molar-refractivity contribution < 1.29 is 4.79 Å². The molecule has 1 aromatic carbocycles. The predicted molar refractivity (Wildman–Crippen MR) is 78.4 cm³/mol. The van der Waals surface area contributed by atoms with E-state index < -0.39 is 0 Å². The van der Waals surface area contributed by atoms with Crippen LogP contribution in [-0.2, 0) is 17.6 Å². The summed E-state index contributed by atoms with van der Waals surface area (Å²) in [6.45, 7) is 4.72. The highest BCUT2D eigenvalue weighted by Gasteiger charge is 2.05. The van der Waals surface area contributed by atoms with Gasteiger partial charge in [0.25, 0.3) is 0 Å². The summed E-state index contributed by atoms with van der Waals surface area (Å²) in [7, 11) is 0.